The molecule has 0 aliphatic carbocycles. The third-order valence-electron chi connectivity index (χ3n) is 2.66. The number of aromatic nitrogens is 4. The maximum absolute atomic E-state index is 10.1. The molecule has 0 spiro atoms. The van der Waals surface area contributed by atoms with Gasteiger partial charge in [0.05, 0.1) is 22.4 Å². The van der Waals surface area contributed by atoms with Crippen molar-refractivity contribution >= 4 is 23.1 Å². The Kier molecular flexibility index (Phi) is 3.46. The third-order valence-corrected chi connectivity index (χ3v) is 4.06. The Labute approximate surface area is 108 Å². The summed E-state index contributed by atoms with van der Waals surface area (Å²) in [5.74, 6) is 0. The number of aryl methyl sites for hydroxylation is 3. The van der Waals surface area contributed by atoms with Crippen LogP contribution < -0.4 is 0 Å². The van der Waals surface area contributed by atoms with Crippen molar-refractivity contribution in [2.75, 3.05) is 0 Å². The number of halogens is 1. The molecule has 0 aliphatic rings. The molecule has 1 atom stereocenters. The highest BCUT2D eigenvalue weighted by atomic mass is 35.5. The highest BCUT2D eigenvalue weighted by Gasteiger charge is 2.19. The van der Waals surface area contributed by atoms with E-state index in [1.165, 1.54) is 11.5 Å². The van der Waals surface area contributed by atoms with Gasteiger partial charge in [0, 0.05) is 19.0 Å². The van der Waals surface area contributed by atoms with Crippen LogP contribution in [0.4, 0.5) is 0 Å². The van der Waals surface area contributed by atoms with Crippen molar-refractivity contribution in [3.05, 3.63) is 27.0 Å². The normalized spacial score (nSPS) is 13.0. The van der Waals surface area contributed by atoms with Crippen LogP contribution in [0.15, 0.2) is 0 Å². The molecule has 0 saturated carbocycles. The maximum Gasteiger partial charge on any atom is 0.130 e. The second-order valence-electron chi connectivity index (χ2n) is 3.92. The molecule has 17 heavy (non-hydrogen) atoms. The Morgan fingerprint density at radius 3 is 2.59 bits per heavy atom. The van der Waals surface area contributed by atoms with Gasteiger partial charge in [0.2, 0.25) is 0 Å². The van der Waals surface area contributed by atoms with Gasteiger partial charge in [-0.25, -0.2) is 0 Å². The average molecular weight is 273 g/mol. The molecule has 92 valence electrons. The molecule has 2 heterocycles. The zero-order valence-corrected chi connectivity index (χ0v) is 11.4. The van der Waals surface area contributed by atoms with Gasteiger partial charge in [0.15, 0.2) is 0 Å². The molecule has 0 aliphatic heterocycles. The number of hydrogen-bond donors (Lipinski definition) is 1. The molecular formula is C10H13ClN4OS. The minimum atomic E-state index is -0.629. The summed E-state index contributed by atoms with van der Waals surface area (Å²) < 4.78 is 5.42. The molecule has 2 aromatic heterocycles. The van der Waals surface area contributed by atoms with Crippen molar-refractivity contribution in [3.8, 4) is 0 Å². The summed E-state index contributed by atoms with van der Waals surface area (Å²) in [6.07, 6.45) is -0.196. The van der Waals surface area contributed by atoms with Gasteiger partial charge in [-0.2, -0.15) is 5.10 Å². The largest absolute Gasteiger partial charge is 0.387 e. The van der Waals surface area contributed by atoms with E-state index in [0.717, 1.165) is 21.8 Å². The van der Waals surface area contributed by atoms with Crippen LogP contribution in [-0.2, 0) is 13.5 Å². The van der Waals surface area contributed by atoms with Crippen molar-refractivity contribution in [1.82, 2.24) is 19.4 Å². The fourth-order valence-electron chi connectivity index (χ4n) is 1.73. The molecule has 0 amide bonds. The summed E-state index contributed by atoms with van der Waals surface area (Å²) >= 11 is 7.33. The highest BCUT2D eigenvalue weighted by Crippen LogP contribution is 2.28. The van der Waals surface area contributed by atoms with Gasteiger partial charge < -0.3 is 5.11 Å². The first kappa shape index (κ1) is 12.5. The standard InChI is InChI=1S/C10H13ClN4OS/c1-5-7(10(11)15(3)13-5)4-8(16)9-6(2)12-14-17-9/h8,16H,4H2,1-3H3. The fourth-order valence-corrected chi connectivity index (χ4v) is 2.62. The molecule has 5 nitrogen and oxygen atoms in total. The second-order valence-corrected chi connectivity index (χ2v) is 5.06. The first-order valence-electron chi connectivity index (χ1n) is 5.15. The molecule has 1 N–H and O–H groups in total. The second kappa shape index (κ2) is 4.72. The van der Waals surface area contributed by atoms with Crippen LogP contribution in [0.1, 0.15) is 27.9 Å². The molecule has 0 bridgehead atoms. The van der Waals surface area contributed by atoms with E-state index in [4.69, 9.17) is 11.6 Å². The average Bonchev–Trinajstić information content (AvgIpc) is 2.78. The van der Waals surface area contributed by atoms with Crippen LogP contribution >= 0.6 is 23.1 Å². The summed E-state index contributed by atoms with van der Waals surface area (Å²) in [5, 5.41) is 18.8. The Balaban J connectivity index is 2.24. The van der Waals surface area contributed by atoms with E-state index in [1.807, 2.05) is 13.8 Å². The van der Waals surface area contributed by atoms with E-state index in [-0.39, 0.29) is 0 Å². The lowest BCUT2D eigenvalue weighted by molar-refractivity contribution is 0.181. The number of aliphatic hydroxyl groups is 1. The number of rotatable bonds is 3. The molecule has 7 heteroatoms. The minimum absolute atomic E-state index is 0.434. The fraction of sp³-hybridized carbons (Fsp3) is 0.500. The summed E-state index contributed by atoms with van der Waals surface area (Å²) in [6.45, 7) is 3.71. The van der Waals surface area contributed by atoms with E-state index < -0.39 is 6.10 Å². The topological polar surface area (TPSA) is 63.8 Å². The van der Waals surface area contributed by atoms with Gasteiger partial charge in [-0.3, -0.25) is 4.68 Å². The maximum atomic E-state index is 10.1. The first-order chi connectivity index (χ1) is 8.00. The van der Waals surface area contributed by atoms with Crippen LogP contribution in [0.3, 0.4) is 0 Å². The summed E-state index contributed by atoms with van der Waals surface area (Å²) in [5.41, 5.74) is 2.47. The van der Waals surface area contributed by atoms with Gasteiger partial charge >= 0.3 is 0 Å². The van der Waals surface area contributed by atoms with Crippen molar-refractivity contribution in [2.45, 2.75) is 26.4 Å². The zero-order valence-electron chi connectivity index (χ0n) is 9.81. The van der Waals surface area contributed by atoms with Gasteiger partial charge in [-0.05, 0) is 25.4 Å². The molecule has 2 rings (SSSR count). The van der Waals surface area contributed by atoms with Gasteiger partial charge in [-0.15, -0.1) is 5.10 Å². The summed E-state index contributed by atoms with van der Waals surface area (Å²) in [4.78, 5) is 0.782. The van der Waals surface area contributed by atoms with Crippen LogP contribution in [0.5, 0.6) is 0 Å². The molecule has 0 fully saturated rings. The lowest BCUT2D eigenvalue weighted by atomic mass is 10.1. The molecule has 2 aromatic rings. The van der Waals surface area contributed by atoms with Crippen LogP contribution in [0, 0.1) is 13.8 Å². The predicted octanol–water partition coefficient (Wildman–Crippen LogP) is 1.82. The van der Waals surface area contributed by atoms with Crippen molar-refractivity contribution in [3.63, 3.8) is 0 Å². The zero-order chi connectivity index (χ0) is 12.6. The molecule has 1 unspecified atom stereocenters. The van der Waals surface area contributed by atoms with E-state index >= 15 is 0 Å². The lowest BCUT2D eigenvalue weighted by Gasteiger charge is -2.08. The molecule has 0 radical (unpaired) electrons. The van der Waals surface area contributed by atoms with Gasteiger partial charge in [0.25, 0.3) is 0 Å². The SMILES string of the molecule is Cc1nnsc1C(O)Cc1c(C)nn(C)c1Cl. The Bertz CT molecular complexity index is 536. The summed E-state index contributed by atoms with van der Waals surface area (Å²) in [7, 11) is 1.78. The monoisotopic (exact) mass is 272 g/mol. The van der Waals surface area contributed by atoms with Gasteiger partial charge in [0.1, 0.15) is 5.15 Å². The number of aliphatic hydroxyl groups excluding tert-OH is 1. The number of nitrogens with zero attached hydrogens (tertiary/aromatic N) is 4. The molecular weight excluding hydrogens is 260 g/mol. The van der Waals surface area contributed by atoms with E-state index in [1.54, 1.807) is 11.7 Å². The Morgan fingerprint density at radius 1 is 1.41 bits per heavy atom. The Hall–Kier alpha value is -0.980. The summed E-state index contributed by atoms with van der Waals surface area (Å²) in [6, 6.07) is 0. The van der Waals surface area contributed by atoms with Crippen LogP contribution in [0.25, 0.3) is 0 Å². The van der Waals surface area contributed by atoms with E-state index in [0.29, 0.717) is 11.6 Å². The van der Waals surface area contributed by atoms with Crippen LogP contribution in [-0.4, -0.2) is 24.5 Å². The van der Waals surface area contributed by atoms with Crippen LogP contribution in [0.2, 0.25) is 5.15 Å². The molecule has 0 aromatic carbocycles. The molecule has 0 saturated heterocycles. The first-order valence-corrected chi connectivity index (χ1v) is 6.30. The quantitative estimate of drug-likeness (QED) is 0.926. The highest BCUT2D eigenvalue weighted by molar-refractivity contribution is 7.05. The van der Waals surface area contributed by atoms with Gasteiger partial charge in [-0.1, -0.05) is 16.1 Å². The van der Waals surface area contributed by atoms with Crippen molar-refractivity contribution < 1.29 is 5.11 Å². The Morgan fingerprint density at radius 2 is 2.12 bits per heavy atom. The van der Waals surface area contributed by atoms with Crippen molar-refractivity contribution in [1.29, 1.82) is 0 Å². The number of hydrogen-bond acceptors (Lipinski definition) is 5. The third kappa shape index (κ3) is 2.34. The smallest absolute Gasteiger partial charge is 0.130 e. The van der Waals surface area contributed by atoms with Crippen molar-refractivity contribution in [2.24, 2.45) is 7.05 Å². The van der Waals surface area contributed by atoms with E-state index in [2.05, 4.69) is 14.7 Å². The predicted molar refractivity (Wildman–Crippen MR) is 66.3 cm³/mol. The lowest BCUT2D eigenvalue weighted by Crippen LogP contribution is -2.02. The minimum Gasteiger partial charge on any atom is -0.387 e. The van der Waals surface area contributed by atoms with E-state index in [9.17, 15) is 5.11 Å².